The molecule has 0 unspecified atom stereocenters. The van der Waals surface area contributed by atoms with Crippen molar-refractivity contribution in [3.8, 4) is 0 Å². The van der Waals surface area contributed by atoms with E-state index in [1.807, 2.05) is 19.3 Å². The SMILES string of the molecule is CNc1ccc(CN2CCOCC2)cn1. The fourth-order valence-electron chi connectivity index (χ4n) is 1.68. The van der Waals surface area contributed by atoms with Gasteiger partial charge in [-0.15, -0.1) is 0 Å². The molecule has 2 rings (SSSR count). The molecule has 82 valence electrons. The molecule has 0 radical (unpaired) electrons. The minimum absolute atomic E-state index is 0.849. The van der Waals surface area contributed by atoms with Gasteiger partial charge in [-0.05, 0) is 11.6 Å². The molecule has 0 bridgehead atoms. The summed E-state index contributed by atoms with van der Waals surface area (Å²) in [5, 5.41) is 3.01. The van der Waals surface area contributed by atoms with Crippen LogP contribution < -0.4 is 5.32 Å². The Balaban J connectivity index is 1.91. The average Bonchev–Trinajstić information content (AvgIpc) is 2.31. The number of pyridine rings is 1. The summed E-state index contributed by atoms with van der Waals surface area (Å²) in [6, 6.07) is 4.13. The lowest BCUT2D eigenvalue weighted by atomic mass is 10.2. The number of hydrogen-bond donors (Lipinski definition) is 1. The second kappa shape index (κ2) is 5.09. The van der Waals surface area contributed by atoms with Gasteiger partial charge in [0.25, 0.3) is 0 Å². The van der Waals surface area contributed by atoms with Crippen LogP contribution in [0.15, 0.2) is 18.3 Å². The Hall–Kier alpha value is -1.13. The molecule has 2 heterocycles. The standard InChI is InChI=1S/C11H17N3O/c1-12-11-3-2-10(8-13-11)9-14-4-6-15-7-5-14/h2-3,8H,4-7,9H2,1H3,(H,12,13). The lowest BCUT2D eigenvalue weighted by Gasteiger charge is -2.26. The van der Waals surface area contributed by atoms with Crippen LogP contribution in [0, 0.1) is 0 Å². The maximum absolute atomic E-state index is 5.31. The first kappa shape index (κ1) is 10.4. The lowest BCUT2D eigenvalue weighted by Crippen LogP contribution is -2.35. The zero-order chi connectivity index (χ0) is 10.5. The number of nitrogens with zero attached hydrogens (tertiary/aromatic N) is 2. The molecular formula is C11H17N3O. The van der Waals surface area contributed by atoms with E-state index in [1.54, 1.807) is 0 Å². The van der Waals surface area contributed by atoms with Gasteiger partial charge in [0.05, 0.1) is 13.2 Å². The van der Waals surface area contributed by atoms with Gasteiger partial charge in [-0.3, -0.25) is 4.90 Å². The van der Waals surface area contributed by atoms with E-state index < -0.39 is 0 Å². The molecule has 0 spiro atoms. The van der Waals surface area contributed by atoms with Crippen molar-refractivity contribution in [2.24, 2.45) is 0 Å². The summed E-state index contributed by atoms with van der Waals surface area (Å²) in [6.45, 7) is 4.71. The Morgan fingerprint density at radius 3 is 2.80 bits per heavy atom. The van der Waals surface area contributed by atoms with Gasteiger partial charge in [0.2, 0.25) is 0 Å². The molecule has 0 aromatic carbocycles. The van der Waals surface area contributed by atoms with E-state index in [1.165, 1.54) is 5.56 Å². The number of hydrogen-bond acceptors (Lipinski definition) is 4. The first-order chi connectivity index (χ1) is 7.38. The van der Waals surface area contributed by atoms with Crippen LogP contribution in [0.2, 0.25) is 0 Å². The minimum atomic E-state index is 0.849. The van der Waals surface area contributed by atoms with Gasteiger partial charge in [0.15, 0.2) is 0 Å². The fraction of sp³-hybridized carbons (Fsp3) is 0.545. The van der Waals surface area contributed by atoms with E-state index in [2.05, 4.69) is 21.3 Å². The Morgan fingerprint density at radius 1 is 1.40 bits per heavy atom. The van der Waals surface area contributed by atoms with Crippen LogP contribution in [0.5, 0.6) is 0 Å². The van der Waals surface area contributed by atoms with Crippen molar-refractivity contribution < 1.29 is 4.74 Å². The highest BCUT2D eigenvalue weighted by Crippen LogP contribution is 2.08. The van der Waals surface area contributed by atoms with Gasteiger partial charge in [0, 0.05) is 32.9 Å². The van der Waals surface area contributed by atoms with E-state index in [0.717, 1.165) is 38.7 Å². The average molecular weight is 207 g/mol. The molecule has 0 amide bonds. The molecule has 1 aliphatic heterocycles. The summed E-state index contributed by atoms with van der Waals surface area (Å²) in [7, 11) is 1.88. The molecule has 4 heteroatoms. The number of ether oxygens (including phenoxy) is 1. The van der Waals surface area contributed by atoms with Gasteiger partial charge in [-0.2, -0.15) is 0 Å². The maximum atomic E-state index is 5.31. The van der Waals surface area contributed by atoms with Crippen LogP contribution in [0.3, 0.4) is 0 Å². The normalized spacial score (nSPS) is 17.7. The monoisotopic (exact) mass is 207 g/mol. The summed E-state index contributed by atoms with van der Waals surface area (Å²) < 4.78 is 5.31. The van der Waals surface area contributed by atoms with Gasteiger partial charge in [-0.25, -0.2) is 4.98 Å². The predicted molar refractivity (Wildman–Crippen MR) is 59.9 cm³/mol. The highest BCUT2D eigenvalue weighted by atomic mass is 16.5. The fourth-order valence-corrected chi connectivity index (χ4v) is 1.68. The molecule has 1 aliphatic rings. The molecule has 0 saturated carbocycles. The second-order valence-corrected chi connectivity index (χ2v) is 3.69. The molecule has 1 aromatic heterocycles. The van der Waals surface area contributed by atoms with Crippen molar-refractivity contribution in [2.75, 3.05) is 38.7 Å². The summed E-state index contributed by atoms with van der Waals surface area (Å²) in [5.74, 6) is 0.917. The van der Waals surface area contributed by atoms with Gasteiger partial charge in [-0.1, -0.05) is 6.07 Å². The zero-order valence-electron chi connectivity index (χ0n) is 9.07. The molecular weight excluding hydrogens is 190 g/mol. The van der Waals surface area contributed by atoms with Gasteiger partial charge >= 0.3 is 0 Å². The van der Waals surface area contributed by atoms with E-state index in [9.17, 15) is 0 Å². The van der Waals surface area contributed by atoms with Crippen LogP contribution in [-0.4, -0.2) is 43.2 Å². The molecule has 1 saturated heterocycles. The molecule has 0 aliphatic carbocycles. The summed E-state index contributed by atoms with van der Waals surface area (Å²) in [6.07, 6.45) is 1.93. The van der Waals surface area contributed by atoms with Crippen molar-refractivity contribution >= 4 is 5.82 Å². The number of rotatable bonds is 3. The molecule has 15 heavy (non-hydrogen) atoms. The third kappa shape index (κ3) is 2.91. The molecule has 1 N–H and O–H groups in total. The van der Waals surface area contributed by atoms with E-state index in [-0.39, 0.29) is 0 Å². The Bertz CT molecular complexity index is 293. The highest BCUT2D eigenvalue weighted by Gasteiger charge is 2.10. The van der Waals surface area contributed by atoms with E-state index in [4.69, 9.17) is 4.74 Å². The lowest BCUT2D eigenvalue weighted by molar-refractivity contribution is 0.0341. The van der Waals surface area contributed by atoms with Gasteiger partial charge in [0.1, 0.15) is 5.82 Å². The summed E-state index contributed by atoms with van der Waals surface area (Å²) in [4.78, 5) is 6.68. The zero-order valence-corrected chi connectivity index (χ0v) is 9.07. The van der Waals surface area contributed by atoms with Crippen LogP contribution in [0.4, 0.5) is 5.82 Å². The van der Waals surface area contributed by atoms with Crippen molar-refractivity contribution in [1.29, 1.82) is 0 Å². The highest BCUT2D eigenvalue weighted by molar-refractivity contribution is 5.34. The third-order valence-electron chi connectivity index (χ3n) is 2.59. The van der Waals surface area contributed by atoms with Crippen LogP contribution in [0.25, 0.3) is 0 Å². The van der Waals surface area contributed by atoms with Crippen LogP contribution in [0.1, 0.15) is 5.56 Å². The van der Waals surface area contributed by atoms with Crippen LogP contribution >= 0.6 is 0 Å². The van der Waals surface area contributed by atoms with Crippen LogP contribution in [-0.2, 0) is 11.3 Å². The predicted octanol–water partition coefficient (Wildman–Crippen LogP) is 0.956. The second-order valence-electron chi connectivity index (χ2n) is 3.69. The minimum Gasteiger partial charge on any atom is -0.379 e. The quantitative estimate of drug-likeness (QED) is 0.801. The number of aromatic nitrogens is 1. The molecule has 0 atom stereocenters. The van der Waals surface area contributed by atoms with Crippen molar-refractivity contribution in [2.45, 2.75) is 6.54 Å². The Labute approximate surface area is 90.3 Å². The largest absolute Gasteiger partial charge is 0.379 e. The first-order valence-electron chi connectivity index (χ1n) is 5.31. The van der Waals surface area contributed by atoms with Crippen molar-refractivity contribution in [3.05, 3.63) is 23.9 Å². The topological polar surface area (TPSA) is 37.4 Å². The van der Waals surface area contributed by atoms with E-state index in [0.29, 0.717) is 0 Å². The summed E-state index contributed by atoms with van der Waals surface area (Å²) >= 11 is 0. The Morgan fingerprint density at radius 2 is 2.20 bits per heavy atom. The van der Waals surface area contributed by atoms with E-state index >= 15 is 0 Å². The molecule has 1 aromatic rings. The first-order valence-corrected chi connectivity index (χ1v) is 5.31. The molecule has 1 fully saturated rings. The number of nitrogens with one attached hydrogen (secondary N) is 1. The molecule has 4 nitrogen and oxygen atoms in total. The number of anilines is 1. The maximum Gasteiger partial charge on any atom is 0.125 e. The van der Waals surface area contributed by atoms with Gasteiger partial charge < -0.3 is 10.1 Å². The number of morpholine rings is 1. The smallest absolute Gasteiger partial charge is 0.125 e. The summed E-state index contributed by atoms with van der Waals surface area (Å²) in [5.41, 5.74) is 1.26. The van der Waals surface area contributed by atoms with Crippen molar-refractivity contribution in [1.82, 2.24) is 9.88 Å². The van der Waals surface area contributed by atoms with Crippen molar-refractivity contribution in [3.63, 3.8) is 0 Å². The Kier molecular flexibility index (Phi) is 3.53. The third-order valence-corrected chi connectivity index (χ3v) is 2.59.